The number of hydrogen-bond donors (Lipinski definition) is 1. The maximum Gasteiger partial charge on any atom is 0.298 e. The van der Waals surface area contributed by atoms with Crippen LogP contribution in [0.3, 0.4) is 0 Å². The van der Waals surface area contributed by atoms with Crippen LogP contribution in [0.1, 0.15) is 11.4 Å². The summed E-state index contributed by atoms with van der Waals surface area (Å²) in [5.74, 6) is 0.409. The topological polar surface area (TPSA) is 106 Å². The van der Waals surface area contributed by atoms with Crippen molar-refractivity contribution in [2.24, 2.45) is 5.10 Å². The predicted molar refractivity (Wildman–Crippen MR) is 104 cm³/mol. The molecule has 1 N–H and O–H groups in total. The van der Waals surface area contributed by atoms with E-state index in [4.69, 9.17) is 11.6 Å². The summed E-state index contributed by atoms with van der Waals surface area (Å²) >= 11 is 6.04. The average Bonchev–Trinajstić information content (AvgIpc) is 3.00. The SMILES string of the molecule is Cc1nc2c([nH]c3ccc(Cl)cc32)c(=O)n1/N=C/c1ccc([N+](=O)[O-])cc1. The molecule has 0 saturated carbocycles. The molecule has 2 heterocycles. The van der Waals surface area contributed by atoms with E-state index in [1.807, 2.05) is 0 Å². The van der Waals surface area contributed by atoms with Crippen LogP contribution in [0.4, 0.5) is 5.69 Å². The van der Waals surface area contributed by atoms with Crippen molar-refractivity contribution in [3.05, 3.63) is 79.3 Å². The predicted octanol–water partition coefficient (Wildman–Crippen LogP) is 3.63. The largest absolute Gasteiger partial charge is 0.349 e. The molecule has 0 amide bonds. The van der Waals surface area contributed by atoms with E-state index in [9.17, 15) is 14.9 Å². The van der Waals surface area contributed by atoms with Gasteiger partial charge in [-0.05, 0) is 42.8 Å². The number of benzene rings is 2. The van der Waals surface area contributed by atoms with Gasteiger partial charge in [0, 0.05) is 28.1 Å². The third-order valence-electron chi connectivity index (χ3n) is 4.15. The first kappa shape index (κ1) is 16.9. The number of nitro benzene ring substituents is 1. The van der Waals surface area contributed by atoms with Gasteiger partial charge in [-0.15, -0.1) is 0 Å². The number of aryl methyl sites for hydroxylation is 1. The van der Waals surface area contributed by atoms with Gasteiger partial charge in [0.15, 0.2) is 0 Å². The van der Waals surface area contributed by atoms with Gasteiger partial charge >= 0.3 is 0 Å². The minimum Gasteiger partial charge on any atom is -0.349 e. The molecule has 0 aliphatic rings. The van der Waals surface area contributed by atoms with Crippen molar-refractivity contribution in [2.75, 3.05) is 0 Å². The maximum absolute atomic E-state index is 12.8. The number of nitrogens with one attached hydrogen (secondary N) is 1. The van der Waals surface area contributed by atoms with Crippen LogP contribution in [0.5, 0.6) is 0 Å². The van der Waals surface area contributed by atoms with E-state index < -0.39 is 4.92 Å². The van der Waals surface area contributed by atoms with Crippen LogP contribution in [0.2, 0.25) is 5.02 Å². The summed E-state index contributed by atoms with van der Waals surface area (Å²) in [5.41, 5.74) is 1.89. The number of nitro groups is 1. The molecule has 134 valence electrons. The summed E-state index contributed by atoms with van der Waals surface area (Å²) < 4.78 is 1.18. The summed E-state index contributed by atoms with van der Waals surface area (Å²) in [6.07, 6.45) is 1.45. The Hall–Kier alpha value is -3.52. The molecule has 2 aromatic carbocycles. The van der Waals surface area contributed by atoms with Crippen LogP contribution >= 0.6 is 11.6 Å². The summed E-state index contributed by atoms with van der Waals surface area (Å²) in [6.45, 7) is 1.68. The Balaban J connectivity index is 1.81. The van der Waals surface area contributed by atoms with Gasteiger partial charge in [0.2, 0.25) is 0 Å². The molecule has 4 aromatic rings. The molecular weight excluding hydrogens is 370 g/mol. The van der Waals surface area contributed by atoms with E-state index in [0.717, 1.165) is 10.9 Å². The lowest BCUT2D eigenvalue weighted by atomic mass is 10.2. The zero-order valence-electron chi connectivity index (χ0n) is 14.0. The molecule has 9 heteroatoms. The molecule has 0 spiro atoms. The standard InChI is InChI=1S/C18H12ClN5O3/c1-10-21-16-14-8-12(19)4-7-15(14)22-17(16)18(25)23(10)20-9-11-2-5-13(6-3-11)24(26)27/h2-9,22H,1H3/b20-9+. The molecule has 2 aromatic heterocycles. The van der Waals surface area contributed by atoms with Gasteiger partial charge in [0.25, 0.3) is 11.2 Å². The fraction of sp³-hybridized carbons (Fsp3) is 0.0556. The van der Waals surface area contributed by atoms with Crippen LogP contribution < -0.4 is 5.56 Å². The van der Waals surface area contributed by atoms with Crippen LogP contribution in [-0.2, 0) is 0 Å². The molecule has 0 saturated heterocycles. The van der Waals surface area contributed by atoms with E-state index in [1.165, 1.54) is 23.0 Å². The quantitative estimate of drug-likeness (QED) is 0.332. The normalized spacial score (nSPS) is 11.6. The zero-order valence-corrected chi connectivity index (χ0v) is 14.8. The molecule has 0 unspecified atom stereocenters. The number of nitrogens with zero attached hydrogens (tertiary/aromatic N) is 4. The number of halogens is 1. The van der Waals surface area contributed by atoms with E-state index in [0.29, 0.717) is 27.4 Å². The first-order valence-corrected chi connectivity index (χ1v) is 8.31. The maximum atomic E-state index is 12.8. The number of rotatable bonds is 3. The van der Waals surface area contributed by atoms with Gasteiger partial charge in [-0.1, -0.05) is 11.6 Å². The first-order valence-electron chi connectivity index (χ1n) is 7.93. The fourth-order valence-corrected chi connectivity index (χ4v) is 3.00. The molecule has 8 nitrogen and oxygen atoms in total. The van der Waals surface area contributed by atoms with Crippen LogP contribution in [-0.4, -0.2) is 25.8 Å². The van der Waals surface area contributed by atoms with E-state index >= 15 is 0 Å². The Labute approximate surface area is 156 Å². The Morgan fingerprint density at radius 1 is 1.26 bits per heavy atom. The number of aromatic amines is 1. The Morgan fingerprint density at radius 3 is 2.70 bits per heavy atom. The van der Waals surface area contributed by atoms with Gasteiger partial charge in [0.05, 0.1) is 11.1 Å². The number of hydrogen-bond acceptors (Lipinski definition) is 5. The highest BCUT2D eigenvalue weighted by atomic mass is 35.5. The third kappa shape index (κ3) is 2.96. The molecule has 27 heavy (non-hydrogen) atoms. The lowest BCUT2D eigenvalue weighted by Crippen LogP contribution is -2.20. The third-order valence-corrected chi connectivity index (χ3v) is 4.38. The molecular formula is C18H12ClN5O3. The lowest BCUT2D eigenvalue weighted by molar-refractivity contribution is -0.384. The van der Waals surface area contributed by atoms with Crippen molar-refractivity contribution in [3.8, 4) is 0 Å². The summed E-state index contributed by atoms with van der Waals surface area (Å²) in [6, 6.07) is 11.1. The van der Waals surface area contributed by atoms with E-state index in [-0.39, 0.29) is 11.2 Å². The highest BCUT2D eigenvalue weighted by Gasteiger charge is 2.13. The molecule has 0 bridgehead atoms. The van der Waals surface area contributed by atoms with E-state index in [2.05, 4.69) is 15.1 Å². The smallest absolute Gasteiger partial charge is 0.298 e. The van der Waals surface area contributed by atoms with Gasteiger partial charge in [-0.2, -0.15) is 9.78 Å². The average molecular weight is 382 g/mol. The highest BCUT2D eigenvalue weighted by Crippen LogP contribution is 2.25. The number of fused-ring (bicyclic) bond motifs is 3. The second-order valence-electron chi connectivity index (χ2n) is 5.91. The summed E-state index contributed by atoms with van der Waals surface area (Å²) in [7, 11) is 0. The second kappa shape index (κ2) is 6.33. The van der Waals surface area contributed by atoms with Gasteiger partial charge in [-0.3, -0.25) is 14.9 Å². The monoisotopic (exact) mass is 381 g/mol. The molecule has 0 fully saturated rings. The van der Waals surface area contributed by atoms with E-state index in [1.54, 1.807) is 37.3 Å². The number of H-pyrrole nitrogens is 1. The van der Waals surface area contributed by atoms with Crippen LogP contribution in [0, 0.1) is 17.0 Å². The fourth-order valence-electron chi connectivity index (χ4n) is 2.83. The first-order chi connectivity index (χ1) is 12.9. The van der Waals surface area contributed by atoms with Gasteiger partial charge in [0.1, 0.15) is 16.9 Å². The Kier molecular flexibility index (Phi) is 3.97. The summed E-state index contributed by atoms with van der Waals surface area (Å²) in [5, 5.41) is 16.2. The second-order valence-corrected chi connectivity index (χ2v) is 6.34. The van der Waals surface area contributed by atoms with Crippen molar-refractivity contribution >= 4 is 45.4 Å². The minimum absolute atomic E-state index is 0.0136. The van der Waals surface area contributed by atoms with Gasteiger partial charge < -0.3 is 4.98 Å². The van der Waals surface area contributed by atoms with Gasteiger partial charge in [-0.25, -0.2) is 4.98 Å². The van der Waals surface area contributed by atoms with Crippen molar-refractivity contribution < 1.29 is 4.92 Å². The van der Waals surface area contributed by atoms with Crippen molar-refractivity contribution in [1.82, 2.24) is 14.6 Å². The molecule has 0 aliphatic carbocycles. The highest BCUT2D eigenvalue weighted by molar-refractivity contribution is 6.31. The minimum atomic E-state index is -0.477. The molecule has 0 aliphatic heterocycles. The van der Waals surface area contributed by atoms with Crippen LogP contribution in [0.25, 0.3) is 21.9 Å². The lowest BCUT2D eigenvalue weighted by Gasteiger charge is -2.03. The number of non-ortho nitro benzene ring substituents is 1. The number of aromatic nitrogens is 3. The van der Waals surface area contributed by atoms with Crippen molar-refractivity contribution in [1.29, 1.82) is 0 Å². The Morgan fingerprint density at radius 2 is 2.00 bits per heavy atom. The Bertz CT molecular complexity index is 1290. The molecule has 0 radical (unpaired) electrons. The molecule has 0 atom stereocenters. The zero-order chi connectivity index (χ0) is 19.1. The van der Waals surface area contributed by atoms with Crippen molar-refractivity contribution in [2.45, 2.75) is 6.92 Å². The summed E-state index contributed by atoms with van der Waals surface area (Å²) in [4.78, 5) is 30.6. The van der Waals surface area contributed by atoms with Crippen molar-refractivity contribution in [3.63, 3.8) is 0 Å². The van der Waals surface area contributed by atoms with Crippen LogP contribution in [0.15, 0.2) is 52.4 Å². The molecule has 4 rings (SSSR count).